The molecule has 0 spiro atoms. The van der Waals surface area contributed by atoms with Crippen molar-refractivity contribution in [1.29, 1.82) is 0 Å². The maximum Gasteiger partial charge on any atom is 0.240 e. The Hall–Kier alpha value is -1.69. The zero-order valence-electron chi connectivity index (χ0n) is 10.9. The van der Waals surface area contributed by atoms with Gasteiger partial charge in [-0.25, -0.2) is 0 Å². The van der Waals surface area contributed by atoms with E-state index in [1.165, 1.54) is 7.11 Å². The minimum Gasteiger partial charge on any atom is -0.383 e. The molecule has 104 valence electrons. The highest BCUT2D eigenvalue weighted by Crippen LogP contribution is 2.34. The first-order valence-electron chi connectivity index (χ1n) is 6.41. The number of rotatable bonds is 5. The van der Waals surface area contributed by atoms with Crippen LogP contribution in [0.2, 0.25) is 0 Å². The molecule has 0 aromatic heterocycles. The summed E-state index contributed by atoms with van der Waals surface area (Å²) in [4.78, 5) is 36.9. The molecular formula is C13H18N2O4. The summed E-state index contributed by atoms with van der Waals surface area (Å²) >= 11 is 0. The molecule has 6 heteroatoms. The number of nitrogens with one attached hydrogen (secondary N) is 1. The summed E-state index contributed by atoms with van der Waals surface area (Å²) in [5.74, 6) is -1.32. The molecule has 2 rings (SSSR count). The van der Waals surface area contributed by atoms with Gasteiger partial charge in [-0.2, -0.15) is 0 Å². The summed E-state index contributed by atoms with van der Waals surface area (Å²) in [5, 5.41) is 2.61. The highest BCUT2D eigenvalue weighted by atomic mass is 16.5. The monoisotopic (exact) mass is 266 g/mol. The summed E-state index contributed by atoms with van der Waals surface area (Å²) < 4.78 is 4.81. The normalized spacial score (nSPS) is 25.6. The molecule has 1 fully saturated rings. The lowest BCUT2D eigenvalue weighted by Gasteiger charge is -2.14. The van der Waals surface area contributed by atoms with Crippen LogP contribution in [0.4, 0.5) is 0 Å². The molecule has 1 aliphatic carbocycles. The molecule has 1 saturated heterocycles. The summed E-state index contributed by atoms with van der Waals surface area (Å²) in [7, 11) is 1.54. The molecule has 6 nitrogen and oxygen atoms in total. The third-order valence-electron chi connectivity index (χ3n) is 3.53. The smallest absolute Gasteiger partial charge is 0.240 e. The predicted molar refractivity (Wildman–Crippen MR) is 67.0 cm³/mol. The minimum atomic E-state index is -0.328. The van der Waals surface area contributed by atoms with Crippen molar-refractivity contribution in [3.05, 3.63) is 12.2 Å². The van der Waals surface area contributed by atoms with Gasteiger partial charge in [0.05, 0.1) is 18.4 Å². The van der Waals surface area contributed by atoms with E-state index in [2.05, 4.69) is 5.32 Å². The van der Waals surface area contributed by atoms with Crippen molar-refractivity contribution >= 4 is 17.7 Å². The van der Waals surface area contributed by atoms with Crippen LogP contribution in [0.3, 0.4) is 0 Å². The summed E-state index contributed by atoms with van der Waals surface area (Å²) in [6.45, 7) is 0.594. The van der Waals surface area contributed by atoms with Gasteiger partial charge in [0, 0.05) is 13.7 Å². The fourth-order valence-electron chi connectivity index (χ4n) is 2.52. The average molecular weight is 266 g/mol. The number of nitrogens with zero attached hydrogens (tertiary/aromatic N) is 1. The Morgan fingerprint density at radius 1 is 1.32 bits per heavy atom. The van der Waals surface area contributed by atoms with Crippen LogP contribution in [0.1, 0.15) is 12.8 Å². The van der Waals surface area contributed by atoms with Crippen molar-refractivity contribution in [2.24, 2.45) is 11.8 Å². The number of carbonyl (C=O) groups is 3. The lowest BCUT2D eigenvalue weighted by atomic mass is 9.85. The van der Waals surface area contributed by atoms with Crippen LogP contribution in [-0.4, -0.2) is 49.4 Å². The van der Waals surface area contributed by atoms with E-state index in [0.29, 0.717) is 26.0 Å². The minimum absolute atomic E-state index is 0.186. The first-order chi connectivity index (χ1) is 9.15. The first-order valence-corrected chi connectivity index (χ1v) is 6.41. The van der Waals surface area contributed by atoms with Crippen LogP contribution >= 0.6 is 0 Å². The summed E-state index contributed by atoms with van der Waals surface area (Å²) in [6.07, 6.45) is 5.04. The van der Waals surface area contributed by atoms with Gasteiger partial charge >= 0.3 is 0 Å². The van der Waals surface area contributed by atoms with Gasteiger partial charge in [-0.3, -0.25) is 19.3 Å². The fraction of sp³-hybridized carbons (Fsp3) is 0.615. The van der Waals surface area contributed by atoms with E-state index in [9.17, 15) is 14.4 Å². The van der Waals surface area contributed by atoms with Gasteiger partial charge in [0.15, 0.2) is 0 Å². The Labute approximate surface area is 111 Å². The topological polar surface area (TPSA) is 75.7 Å². The highest BCUT2D eigenvalue weighted by molar-refractivity contribution is 6.07. The zero-order valence-corrected chi connectivity index (χ0v) is 10.9. The Morgan fingerprint density at radius 2 is 1.89 bits per heavy atom. The number of likely N-dealkylation sites (tertiary alicyclic amines) is 1. The highest BCUT2D eigenvalue weighted by Gasteiger charge is 2.47. The molecule has 2 aliphatic rings. The van der Waals surface area contributed by atoms with Crippen molar-refractivity contribution in [2.75, 3.05) is 26.8 Å². The SMILES string of the molecule is COCCNC(=O)CN1C(=O)[C@@H]2CC=CC[C@H]2C1=O. The van der Waals surface area contributed by atoms with E-state index < -0.39 is 0 Å². The maximum atomic E-state index is 12.1. The Morgan fingerprint density at radius 3 is 2.42 bits per heavy atom. The zero-order chi connectivity index (χ0) is 13.8. The number of amides is 3. The fourth-order valence-corrected chi connectivity index (χ4v) is 2.52. The van der Waals surface area contributed by atoms with E-state index in [4.69, 9.17) is 4.74 Å². The molecule has 1 N–H and O–H groups in total. The molecule has 2 atom stereocenters. The molecule has 1 heterocycles. The van der Waals surface area contributed by atoms with Gasteiger partial charge < -0.3 is 10.1 Å². The second kappa shape index (κ2) is 5.97. The predicted octanol–water partition coefficient (Wildman–Crippen LogP) is -0.300. The number of allylic oxidation sites excluding steroid dienone is 2. The maximum absolute atomic E-state index is 12.1. The van der Waals surface area contributed by atoms with Gasteiger partial charge in [-0.15, -0.1) is 0 Å². The standard InChI is InChI=1S/C13H18N2O4/c1-19-7-6-14-11(16)8-15-12(17)9-4-2-3-5-10(9)13(15)18/h2-3,9-10H,4-8H2,1H3,(H,14,16)/t9-,10-/m1/s1. The van der Waals surface area contributed by atoms with Crippen LogP contribution in [0.25, 0.3) is 0 Å². The van der Waals surface area contributed by atoms with Crippen molar-refractivity contribution in [2.45, 2.75) is 12.8 Å². The molecule has 0 bridgehead atoms. The van der Waals surface area contributed by atoms with E-state index >= 15 is 0 Å². The van der Waals surface area contributed by atoms with E-state index in [0.717, 1.165) is 4.90 Å². The molecule has 0 saturated carbocycles. The Balaban J connectivity index is 1.92. The largest absolute Gasteiger partial charge is 0.383 e. The molecule has 3 amide bonds. The summed E-state index contributed by atoms with van der Waals surface area (Å²) in [5.41, 5.74) is 0. The number of carbonyl (C=O) groups excluding carboxylic acids is 3. The number of hydrogen-bond donors (Lipinski definition) is 1. The second-order valence-electron chi connectivity index (χ2n) is 4.76. The number of imide groups is 1. The molecule has 0 aromatic carbocycles. The molecule has 1 aliphatic heterocycles. The molecule has 0 radical (unpaired) electrons. The second-order valence-corrected chi connectivity index (χ2v) is 4.76. The molecule has 0 aromatic rings. The van der Waals surface area contributed by atoms with Gasteiger partial charge in [0.2, 0.25) is 17.7 Å². The number of methoxy groups -OCH3 is 1. The van der Waals surface area contributed by atoms with E-state index in [1.54, 1.807) is 0 Å². The van der Waals surface area contributed by atoms with Gasteiger partial charge in [-0.05, 0) is 12.8 Å². The Bertz CT molecular complexity index is 393. The van der Waals surface area contributed by atoms with Crippen molar-refractivity contribution in [3.63, 3.8) is 0 Å². The molecular weight excluding hydrogens is 248 g/mol. The van der Waals surface area contributed by atoms with Gasteiger partial charge in [0.25, 0.3) is 0 Å². The van der Waals surface area contributed by atoms with Crippen LogP contribution < -0.4 is 5.32 Å². The quantitative estimate of drug-likeness (QED) is 0.421. The van der Waals surface area contributed by atoms with E-state index in [-0.39, 0.29) is 36.1 Å². The lowest BCUT2D eigenvalue weighted by Crippen LogP contribution is -2.41. The number of hydrogen-bond acceptors (Lipinski definition) is 4. The lowest BCUT2D eigenvalue weighted by molar-refractivity contribution is -0.143. The van der Waals surface area contributed by atoms with Crippen LogP contribution in [0.5, 0.6) is 0 Å². The average Bonchev–Trinajstić information content (AvgIpc) is 2.65. The van der Waals surface area contributed by atoms with Crippen molar-refractivity contribution < 1.29 is 19.1 Å². The number of ether oxygens (including phenoxy) is 1. The van der Waals surface area contributed by atoms with Crippen molar-refractivity contribution in [3.8, 4) is 0 Å². The third kappa shape index (κ3) is 2.84. The molecule has 0 unspecified atom stereocenters. The first kappa shape index (κ1) is 13.7. The van der Waals surface area contributed by atoms with E-state index in [1.807, 2.05) is 12.2 Å². The van der Waals surface area contributed by atoms with Crippen LogP contribution in [0, 0.1) is 11.8 Å². The van der Waals surface area contributed by atoms with Crippen molar-refractivity contribution in [1.82, 2.24) is 10.2 Å². The molecule has 19 heavy (non-hydrogen) atoms. The van der Waals surface area contributed by atoms with Gasteiger partial charge in [-0.1, -0.05) is 12.2 Å². The third-order valence-corrected chi connectivity index (χ3v) is 3.53. The number of fused-ring (bicyclic) bond motifs is 1. The van der Waals surface area contributed by atoms with Gasteiger partial charge in [0.1, 0.15) is 6.54 Å². The summed E-state index contributed by atoms with van der Waals surface area (Å²) in [6, 6.07) is 0. The van der Waals surface area contributed by atoms with Crippen LogP contribution in [0.15, 0.2) is 12.2 Å². The van der Waals surface area contributed by atoms with Crippen LogP contribution in [-0.2, 0) is 19.1 Å². The Kier molecular flexibility index (Phi) is 4.31.